The van der Waals surface area contributed by atoms with Gasteiger partial charge in [-0.25, -0.2) is 4.79 Å². The molecule has 0 fully saturated rings. The van der Waals surface area contributed by atoms with Crippen molar-refractivity contribution in [3.63, 3.8) is 0 Å². The predicted molar refractivity (Wildman–Crippen MR) is 133 cm³/mol. The minimum atomic E-state index is -3.84. The molecule has 0 amide bonds. The van der Waals surface area contributed by atoms with Gasteiger partial charge in [-0.2, -0.15) is 9.97 Å². The Morgan fingerprint density at radius 2 is 1.63 bits per heavy atom. The first-order valence-corrected chi connectivity index (χ1v) is 13.0. The Labute approximate surface area is 216 Å². The lowest BCUT2D eigenvalue weighted by Crippen LogP contribution is -2.10. The molecule has 1 atom stereocenters. The largest absolute Gasteiger partial charge is 0.481 e. The van der Waals surface area contributed by atoms with E-state index >= 15 is 0 Å². The van der Waals surface area contributed by atoms with Crippen molar-refractivity contribution in [3.05, 3.63) is 69.2 Å². The van der Waals surface area contributed by atoms with Crippen LogP contribution in [0.15, 0.2) is 52.5 Å². The van der Waals surface area contributed by atoms with Gasteiger partial charge >= 0.3 is 13.6 Å². The second-order valence-electron chi connectivity index (χ2n) is 6.85. The molecule has 35 heavy (non-hydrogen) atoms. The molecule has 186 valence electrons. The predicted octanol–water partition coefficient (Wildman–Crippen LogP) is 6.23. The Morgan fingerprint density at radius 1 is 1.00 bits per heavy atom. The van der Waals surface area contributed by atoms with E-state index in [-0.39, 0.29) is 38.0 Å². The SMILES string of the molecule is COc1cc(OC)nc(Sc2ccc(C(c3cccc(Cl)c3)P(=O)(OC)OC)c(Cl)c2C(=O)O)n1. The number of methoxy groups -OCH3 is 2. The summed E-state index contributed by atoms with van der Waals surface area (Å²) < 4.78 is 34.4. The molecule has 9 nitrogen and oxygen atoms in total. The molecule has 0 radical (unpaired) electrons. The van der Waals surface area contributed by atoms with Crippen molar-refractivity contribution in [3.8, 4) is 11.8 Å². The summed E-state index contributed by atoms with van der Waals surface area (Å²) in [6, 6.07) is 11.2. The van der Waals surface area contributed by atoms with Crippen LogP contribution >= 0.6 is 42.6 Å². The molecule has 0 saturated heterocycles. The Bertz CT molecular complexity index is 1260. The minimum Gasteiger partial charge on any atom is -0.481 e. The van der Waals surface area contributed by atoms with Crippen LogP contribution in [0, 0.1) is 0 Å². The molecule has 0 saturated carbocycles. The van der Waals surface area contributed by atoms with E-state index in [4.69, 9.17) is 41.7 Å². The Morgan fingerprint density at radius 3 is 2.14 bits per heavy atom. The monoisotopic (exact) mass is 558 g/mol. The number of hydrogen-bond acceptors (Lipinski definition) is 9. The molecule has 13 heteroatoms. The maximum Gasteiger partial charge on any atom is 0.341 e. The number of benzene rings is 2. The molecule has 0 aliphatic heterocycles. The van der Waals surface area contributed by atoms with Crippen LogP contribution in [0.5, 0.6) is 11.8 Å². The standard InChI is InChI=1S/C22H21Cl2N2O7PS/c1-30-16-11-17(31-2)26-22(25-16)35-15-9-8-14(19(24)18(15)21(27)28)20(34(29,32-3)33-4)12-6-5-7-13(23)10-12/h5-11,20H,1-4H3,(H,27,28). The van der Waals surface area contributed by atoms with Gasteiger partial charge in [-0.15, -0.1) is 0 Å². The molecule has 1 aromatic heterocycles. The smallest absolute Gasteiger partial charge is 0.341 e. The average molecular weight is 559 g/mol. The van der Waals surface area contributed by atoms with E-state index in [0.29, 0.717) is 10.6 Å². The highest BCUT2D eigenvalue weighted by molar-refractivity contribution is 7.99. The maximum absolute atomic E-state index is 13.6. The third kappa shape index (κ3) is 5.91. The van der Waals surface area contributed by atoms with Gasteiger partial charge < -0.3 is 23.6 Å². The molecule has 0 aliphatic rings. The van der Waals surface area contributed by atoms with Gasteiger partial charge in [0.1, 0.15) is 5.66 Å². The number of nitrogens with zero attached hydrogens (tertiary/aromatic N) is 2. The molecular weight excluding hydrogens is 538 g/mol. The number of ether oxygens (including phenoxy) is 2. The molecule has 3 rings (SSSR count). The molecule has 1 heterocycles. The zero-order valence-corrected chi connectivity index (χ0v) is 22.2. The van der Waals surface area contributed by atoms with Gasteiger partial charge in [0.25, 0.3) is 0 Å². The molecule has 1 N–H and O–H groups in total. The normalized spacial score (nSPS) is 12.3. The first-order chi connectivity index (χ1) is 16.7. The summed E-state index contributed by atoms with van der Waals surface area (Å²) in [4.78, 5) is 21.0. The van der Waals surface area contributed by atoms with Crippen molar-refractivity contribution >= 4 is 48.5 Å². The number of aromatic nitrogens is 2. The van der Waals surface area contributed by atoms with Crippen molar-refractivity contribution in [2.75, 3.05) is 28.4 Å². The summed E-state index contributed by atoms with van der Waals surface area (Å²) in [5.41, 5.74) is -0.574. The fraction of sp³-hybridized carbons (Fsp3) is 0.227. The number of hydrogen-bond donors (Lipinski definition) is 1. The summed E-state index contributed by atoms with van der Waals surface area (Å²) in [5.74, 6) is -0.828. The minimum absolute atomic E-state index is 0.142. The van der Waals surface area contributed by atoms with Crippen LogP contribution in [-0.2, 0) is 13.6 Å². The summed E-state index contributed by atoms with van der Waals surface area (Å²) in [6.07, 6.45) is 0. The first kappa shape index (κ1) is 27.3. The fourth-order valence-corrected chi connectivity index (χ4v) is 6.53. The number of rotatable bonds is 10. The highest BCUT2D eigenvalue weighted by atomic mass is 35.5. The van der Waals surface area contributed by atoms with Crippen LogP contribution in [0.4, 0.5) is 0 Å². The number of halogens is 2. The van der Waals surface area contributed by atoms with Gasteiger partial charge in [0.2, 0.25) is 11.8 Å². The first-order valence-electron chi connectivity index (χ1n) is 9.84. The number of carboxylic acid groups (broad SMARTS) is 1. The zero-order chi connectivity index (χ0) is 25.8. The molecule has 2 aromatic carbocycles. The second-order valence-corrected chi connectivity index (χ2v) is 11.0. The molecular formula is C22H21Cl2N2O7PS. The molecule has 3 aromatic rings. The number of carboxylic acids is 1. The topological polar surface area (TPSA) is 117 Å². The van der Waals surface area contributed by atoms with Crippen LogP contribution in [-0.4, -0.2) is 49.5 Å². The third-order valence-corrected chi connectivity index (χ3v) is 8.70. The van der Waals surface area contributed by atoms with E-state index in [0.717, 1.165) is 11.8 Å². The van der Waals surface area contributed by atoms with Crippen molar-refractivity contribution in [1.29, 1.82) is 0 Å². The van der Waals surface area contributed by atoms with Gasteiger partial charge in [-0.1, -0.05) is 41.4 Å². The van der Waals surface area contributed by atoms with Crippen LogP contribution in [0.3, 0.4) is 0 Å². The van der Waals surface area contributed by atoms with E-state index in [2.05, 4.69) is 9.97 Å². The highest BCUT2D eigenvalue weighted by Crippen LogP contribution is 2.64. The molecule has 0 spiro atoms. The van der Waals surface area contributed by atoms with E-state index in [1.807, 2.05) is 0 Å². The average Bonchev–Trinajstić information content (AvgIpc) is 2.84. The number of aromatic carboxylic acids is 1. The van der Waals surface area contributed by atoms with Gasteiger partial charge in [-0.05, 0) is 41.1 Å². The summed E-state index contributed by atoms with van der Waals surface area (Å²) in [7, 11) is 1.52. The fourth-order valence-electron chi connectivity index (χ4n) is 3.30. The highest BCUT2D eigenvalue weighted by Gasteiger charge is 2.39. The summed E-state index contributed by atoms with van der Waals surface area (Å²) in [6.45, 7) is 0. The van der Waals surface area contributed by atoms with Crippen LogP contribution in [0.2, 0.25) is 10.0 Å². The second kappa shape index (κ2) is 11.6. The van der Waals surface area contributed by atoms with E-state index < -0.39 is 19.2 Å². The third-order valence-electron chi connectivity index (χ3n) is 4.91. The van der Waals surface area contributed by atoms with Gasteiger partial charge in [0, 0.05) is 24.1 Å². The van der Waals surface area contributed by atoms with E-state index in [9.17, 15) is 14.5 Å². The van der Waals surface area contributed by atoms with Crippen LogP contribution in [0.25, 0.3) is 0 Å². The maximum atomic E-state index is 13.6. The summed E-state index contributed by atoms with van der Waals surface area (Å²) in [5, 5.41) is 10.4. The lowest BCUT2D eigenvalue weighted by Gasteiger charge is -2.27. The van der Waals surface area contributed by atoms with Crippen molar-refractivity contribution in [1.82, 2.24) is 9.97 Å². The van der Waals surface area contributed by atoms with Gasteiger partial charge in [-0.3, -0.25) is 4.57 Å². The number of carbonyl (C=O) groups is 1. The van der Waals surface area contributed by atoms with Crippen molar-refractivity contribution in [2.24, 2.45) is 0 Å². The Balaban J connectivity index is 2.19. The lowest BCUT2D eigenvalue weighted by molar-refractivity contribution is 0.0693. The quantitative estimate of drug-likeness (QED) is 0.226. The lowest BCUT2D eigenvalue weighted by atomic mass is 10.0. The summed E-state index contributed by atoms with van der Waals surface area (Å²) >= 11 is 13.8. The van der Waals surface area contributed by atoms with E-state index in [1.165, 1.54) is 40.6 Å². The van der Waals surface area contributed by atoms with Crippen LogP contribution in [0.1, 0.15) is 27.1 Å². The molecule has 0 aliphatic carbocycles. The van der Waals surface area contributed by atoms with Crippen molar-refractivity contribution in [2.45, 2.75) is 15.7 Å². The molecule has 0 bridgehead atoms. The molecule has 1 unspecified atom stereocenters. The van der Waals surface area contributed by atoms with Crippen molar-refractivity contribution < 1.29 is 33.0 Å². The zero-order valence-electron chi connectivity index (χ0n) is 19.0. The van der Waals surface area contributed by atoms with Gasteiger partial charge in [0.05, 0.1) is 30.9 Å². The van der Waals surface area contributed by atoms with E-state index in [1.54, 1.807) is 30.3 Å². The Hall–Kier alpha value is -2.33. The Kier molecular flexibility index (Phi) is 9.04. The van der Waals surface area contributed by atoms with Gasteiger partial charge in [0.15, 0.2) is 5.16 Å². The van der Waals surface area contributed by atoms with Crippen LogP contribution < -0.4 is 9.47 Å².